The first-order chi connectivity index (χ1) is 15.9. The fraction of sp³-hybridized carbons (Fsp3) is 0.318. The average molecular weight is 489 g/mol. The molecule has 8 nitrogen and oxygen atoms in total. The predicted molar refractivity (Wildman–Crippen MR) is 121 cm³/mol. The maximum atomic E-state index is 13.1. The molecular formula is C22H21FN4O4S2. The van der Waals surface area contributed by atoms with Crippen LogP contribution in [0.3, 0.4) is 0 Å². The first-order valence-corrected chi connectivity index (χ1v) is 12.9. The van der Waals surface area contributed by atoms with Crippen LogP contribution in [0.4, 0.5) is 4.39 Å². The van der Waals surface area contributed by atoms with Crippen LogP contribution in [0.25, 0.3) is 22.6 Å². The average Bonchev–Trinajstić information content (AvgIpc) is 3.46. The second kappa shape index (κ2) is 8.88. The summed E-state index contributed by atoms with van der Waals surface area (Å²) in [6.07, 6.45) is 2.81. The molecule has 0 amide bonds. The van der Waals surface area contributed by atoms with Gasteiger partial charge in [0.1, 0.15) is 11.3 Å². The summed E-state index contributed by atoms with van der Waals surface area (Å²) in [7, 11) is -3.55. The van der Waals surface area contributed by atoms with Gasteiger partial charge < -0.3 is 8.83 Å². The number of benzene rings is 2. The van der Waals surface area contributed by atoms with Gasteiger partial charge in [0.2, 0.25) is 21.8 Å². The van der Waals surface area contributed by atoms with E-state index in [0.717, 1.165) is 19.3 Å². The van der Waals surface area contributed by atoms with Crippen molar-refractivity contribution in [2.45, 2.75) is 41.6 Å². The Balaban J connectivity index is 1.34. The van der Waals surface area contributed by atoms with Crippen molar-refractivity contribution in [2.24, 2.45) is 0 Å². The van der Waals surface area contributed by atoms with E-state index in [1.807, 2.05) is 6.92 Å². The first-order valence-electron chi connectivity index (χ1n) is 10.6. The lowest BCUT2D eigenvalue weighted by Gasteiger charge is -2.25. The minimum absolute atomic E-state index is 0.218. The van der Waals surface area contributed by atoms with Gasteiger partial charge >= 0.3 is 0 Å². The highest BCUT2D eigenvalue weighted by Crippen LogP contribution is 2.36. The molecule has 0 radical (unpaired) electrons. The molecule has 1 aliphatic heterocycles. The van der Waals surface area contributed by atoms with E-state index in [1.54, 1.807) is 30.3 Å². The Bertz CT molecular complexity index is 1380. The van der Waals surface area contributed by atoms with Crippen LogP contribution in [0.2, 0.25) is 0 Å². The molecule has 0 N–H and O–H groups in total. The van der Waals surface area contributed by atoms with Gasteiger partial charge in [0.05, 0.1) is 10.1 Å². The lowest BCUT2D eigenvalue weighted by Crippen LogP contribution is -2.35. The molecule has 11 heteroatoms. The van der Waals surface area contributed by atoms with Gasteiger partial charge in [0.15, 0.2) is 5.58 Å². The third kappa shape index (κ3) is 4.53. The van der Waals surface area contributed by atoms with E-state index in [9.17, 15) is 12.8 Å². The number of thioether (sulfide) groups is 1. The van der Waals surface area contributed by atoms with Crippen molar-refractivity contribution in [2.75, 3.05) is 13.1 Å². The van der Waals surface area contributed by atoms with Crippen molar-refractivity contribution >= 4 is 32.9 Å². The molecule has 172 valence electrons. The molecule has 0 saturated carbocycles. The summed E-state index contributed by atoms with van der Waals surface area (Å²) in [5, 5.41) is 8.21. The topological polar surface area (TPSA) is 102 Å². The highest BCUT2D eigenvalue weighted by Gasteiger charge is 2.27. The van der Waals surface area contributed by atoms with E-state index < -0.39 is 10.0 Å². The number of aromatic nitrogens is 3. The van der Waals surface area contributed by atoms with Crippen LogP contribution in [-0.4, -0.2) is 41.0 Å². The van der Waals surface area contributed by atoms with Crippen LogP contribution in [0, 0.1) is 5.82 Å². The van der Waals surface area contributed by atoms with Crippen LogP contribution < -0.4 is 0 Å². The Labute approximate surface area is 194 Å². The smallest absolute Gasteiger partial charge is 0.257 e. The highest BCUT2D eigenvalue weighted by molar-refractivity contribution is 7.99. The van der Waals surface area contributed by atoms with E-state index in [2.05, 4.69) is 15.2 Å². The predicted octanol–water partition coefficient (Wildman–Crippen LogP) is 5.04. The maximum Gasteiger partial charge on any atom is 0.257 e. The highest BCUT2D eigenvalue weighted by atomic mass is 32.2. The normalized spacial score (nSPS) is 16.3. The van der Waals surface area contributed by atoms with Gasteiger partial charge in [-0.15, -0.1) is 10.2 Å². The van der Waals surface area contributed by atoms with Gasteiger partial charge in [-0.1, -0.05) is 18.2 Å². The summed E-state index contributed by atoms with van der Waals surface area (Å²) in [5.74, 6) is 0.322. The van der Waals surface area contributed by atoms with E-state index in [4.69, 9.17) is 8.83 Å². The molecule has 0 unspecified atom stereocenters. The number of sulfonamides is 1. The first kappa shape index (κ1) is 22.1. The van der Waals surface area contributed by atoms with Crippen LogP contribution in [-0.2, 0) is 10.0 Å². The Kier molecular flexibility index (Phi) is 5.94. The van der Waals surface area contributed by atoms with Gasteiger partial charge in [0, 0.05) is 18.7 Å². The van der Waals surface area contributed by atoms with Crippen LogP contribution in [0.15, 0.2) is 61.4 Å². The van der Waals surface area contributed by atoms with Crippen LogP contribution >= 0.6 is 11.8 Å². The number of fused-ring (bicyclic) bond motifs is 1. The van der Waals surface area contributed by atoms with Crippen molar-refractivity contribution in [1.82, 2.24) is 19.5 Å². The zero-order valence-corrected chi connectivity index (χ0v) is 19.4. The zero-order valence-electron chi connectivity index (χ0n) is 17.8. The number of hydrogen-bond acceptors (Lipinski definition) is 8. The fourth-order valence-electron chi connectivity index (χ4n) is 3.66. The molecular weight excluding hydrogens is 467 g/mol. The summed E-state index contributed by atoms with van der Waals surface area (Å²) in [6.45, 7) is 2.96. The minimum atomic E-state index is -3.55. The van der Waals surface area contributed by atoms with Crippen LogP contribution in [0.1, 0.15) is 37.3 Å². The summed E-state index contributed by atoms with van der Waals surface area (Å²) < 4.78 is 52.1. The van der Waals surface area contributed by atoms with Gasteiger partial charge in [-0.05, 0) is 62.2 Å². The van der Waals surface area contributed by atoms with E-state index in [1.165, 1.54) is 28.2 Å². The molecule has 2 aromatic carbocycles. The third-order valence-corrected chi connectivity index (χ3v) is 8.28. The molecule has 1 aliphatic rings. The maximum absolute atomic E-state index is 13.1. The summed E-state index contributed by atoms with van der Waals surface area (Å²) in [6, 6.07) is 10.5. The number of nitrogens with zero attached hydrogens (tertiary/aromatic N) is 4. The summed E-state index contributed by atoms with van der Waals surface area (Å²) in [4.78, 5) is 4.67. The lowest BCUT2D eigenvalue weighted by atomic mass is 10.2. The lowest BCUT2D eigenvalue weighted by molar-refractivity contribution is 0.346. The minimum Gasteiger partial charge on any atom is -0.431 e. The molecule has 0 aliphatic carbocycles. The van der Waals surface area contributed by atoms with E-state index in [-0.39, 0.29) is 16.0 Å². The van der Waals surface area contributed by atoms with E-state index in [0.29, 0.717) is 46.8 Å². The molecule has 3 heterocycles. The van der Waals surface area contributed by atoms with Crippen molar-refractivity contribution < 1.29 is 21.6 Å². The second-order valence-corrected chi connectivity index (χ2v) is 11.0. The molecule has 1 atom stereocenters. The van der Waals surface area contributed by atoms with Crippen molar-refractivity contribution in [3.8, 4) is 11.5 Å². The van der Waals surface area contributed by atoms with Crippen molar-refractivity contribution in [1.29, 1.82) is 0 Å². The van der Waals surface area contributed by atoms with E-state index >= 15 is 0 Å². The fourth-order valence-corrected chi connectivity index (χ4v) is 5.99. The Morgan fingerprint density at radius 1 is 1.03 bits per heavy atom. The number of piperidine rings is 1. The Morgan fingerprint density at radius 3 is 2.55 bits per heavy atom. The quantitative estimate of drug-likeness (QED) is 0.348. The SMILES string of the molecule is C[C@H](Sc1nc2cc(S(=O)(=O)N3CCCCC3)ccc2o1)c1nnc(-c2ccc(F)cc2)o1. The monoisotopic (exact) mass is 488 g/mol. The molecule has 0 spiro atoms. The third-order valence-electron chi connectivity index (χ3n) is 5.45. The summed E-state index contributed by atoms with van der Waals surface area (Å²) in [5.41, 5.74) is 1.59. The molecule has 0 bridgehead atoms. The Hall–Kier alpha value is -2.76. The largest absolute Gasteiger partial charge is 0.431 e. The van der Waals surface area contributed by atoms with Crippen molar-refractivity contribution in [3.63, 3.8) is 0 Å². The summed E-state index contributed by atoms with van der Waals surface area (Å²) >= 11 is 1.28. The standard InChI is InChI=1S/C22H21FN4O4S2/c1-14(20-25-26-21(31-20)15-5-7-16(23)8-6-15)32-22-24-18-13-17(9-10-19(18)30-22)33(28,29)27-11-3-2-4-12-27/h5-10,13-14H,2-4,11-12H2,1H3/t14-/m0/s1. The molecule has 4 aromatic rings. The second-order valence-electron chi connectivity index (χ2n) is 7.79. The number of oxazole rings is 1. The number of hydrogen-bond donors (Lipinski definition) is 0. The van der Waals surface area contributed by atoms with Crippen LogP contribution in [0.5, 0.6) is 0 Å². The van der Waals surface area contributed by atoms with Gasteiger partial charge in [-0.3, -0.25) is 0 Å². The number of rotatable bonds is 6. The molecule has 1 fully saturated rings. The van der Waals surface area contributed by atoms with Gasteiger partial charge in [-0.25, -0.2) is 17.8 Å². The molecule has 33 heavy (non-hydrogen) atoms. The molecule has 5 rings (SSSR count). The Morgan fingerprint density at radius 2 is 1.79 bits per heavy atom. The van der Waals surface area contributed by atoms with Gasteiger partial charge in [-0.2, -0.15) is 4.31 Å². The molecule has 1 saturated heterocycles. The van der Waals surface area contributed by atoms with Crippen molar-refractivity contribution in [3.05, 3.63) is 54.2 Å². The number of halogens is 1. The van der Waals surface area contributed by atoms with Gasteiger partial charge in [0.25, 0.3) is 5.22 Å². The zero-order chi connectivity index (χ0) is 23.0. The molecule has 2 aromatic heterocycles.